The average molecular weight is 358 g/mol. The zero-order chi connectivity index (χ0) is 15.4. The minimum Gasteiger partial charge on any atom is -0.316 e. The number of hydrogen-bond acceptors (Lipinski definition) is 4. The van der Waals surface area contributed by atoms with E-state index in [-0.39, 0.29) is 18.3 Å². The molecule has 2 heterocycles. The predicted octanol–water partition coefficient (Wildman–Crippen LogP) is 3.80. The van der Waals surface area contributed by atoms with Crippen LogP contribution in [0.3, 0.4) is 0 Å². The third kappa shape index (κ3) is 5.16. The number of fused-ring (bicyclic) bond motifs is 1. The average Bonchev–Trinajstić information content (AvgIpc) is 3.13. The number of carbonyl (C=O) groups is 1. The van der Waals surface area contributed by atoms with Gasteiger partial charge in [0.1, 0.15) is 0 Å². The smallest absolute Gasteiger partial charge is 0.226 e. The summed E-state index contributed by atoms with van der Waals surface area (Å²) in [5, 5.41) is 7.19. The number of rotatable bonds is 6. The number of amides is 1. The maximum atomic E-state index is 12.1. The lowest BCUT2D eigenvalue weighted by atomic mass is 9.88. The first-order valence-corrected chi connectivity index (χ1v) is 9.55. The number of carbonyl (C=O) groups excluding carboxylic acids is 1. The minimum absolute atomic E-state index is 0. The molecule has 1 aromatic heterocycles. The molecule has 0 radical (unpaired) electrons. The predicted molar refractivity (Wildman–Crippen MR) is 98.6 cm³/mol. The van der Waals surface area contributed by atoms with Crippen molar-refractivity contribution >= 4 is 34.8 Å². The van der Waals surface area contributed by atoms with Gasteiger partial charge in [0.15, 0.2) is 5.13 Å². The van der Waals surface area contributed by atoms with Gasteiger partial charge in [0, 0.05) is 11.3 Å². The zero-order valence-electron chi connectivity index (χ0n) is 13.9. The van der Waals surface area contributed by atoms with Crippen molar-refractivity contribution in [3.63, 3.8) is 0 Å². The number of aromatic nitrogens is 1. The maximum Gasteiger partial charge on any atom is 0.226 e. The summed E-state index contributed by atoms with van der Waals surface area (Å²) in [7, 11) is 0. The molecule has 23 heavy (non-hydrogen) atoms. The molecule has 1 fully saturated rings. The summed E-state index contributed by atoms with van der Waals surface area (Å²) in [4.78, 5) is 18.1. The van der Waals surface area contributed by atoms with Gasteiger partial charge >= 0.3 is 0 Å². The molecule has 1 aliphatic carbocycles. The fraction of sp³-hybridized carbons (Fsp3) is 0.765. The summed E-state index contributed by atoms with van der Waals surface area (Å²) in [5.74, 6) is 1.62. The van der Waals surface area contributed by atoms with Crippen molar-refractivity contribution in [2.75, 3.05) is 18.4 Å². The Kier molecular flexibility index (Phi) is 7.31. The van der Waals surface area contributed by atoms with Crippen molar-refractivity contribution in [1.29, 1.82) is 0 Å². The number of hydrogen-bond donors (Lipinski definition) is 2. The fourth-order valence-electron chi connectivity index (χ4n) is 3.63. The molecule has 2 unspecified atom stereocenters. The summed E-state index contributed by atoms with van der Waals surface area (Å²) < 4.78 is 0. The van der Waals surface area contributed by atoms with Crippen LogP contribution in [0.2, 0.25) is 0 Å². The van der Waals surface area contributed by atoms with E-state index in [9.17, 15) is 4.79 Å². The molecule has 130 valence electrons. The Bertz CT molecular complexity index is 514. The number of halogens is 1. The molecule has 1 saturated heterocycles. The molecule has 1 aromatic rings. The first-order chi connectivity index (χ1) is 10.7. The Balaban J connectivity index is 0.00000192. The Morgan fingerprint density at radius 2 is 2.22 bits per heavy atom. The second kappa shape index (κ2) is 9.00. The van der Waals surface area contributed by atoms with Gasteiger partial charge in [-0.15, -0.1) is 23.7 Å². The molecule has 2 N–H and O–H groups in total. The second-order valence-electron chi connectivity index (χ2n) is 6.73. The van der Waals surface area contributed by atoms with Gasteiger partial charge in [0.2, 0.25) is 5.91 Å². The third-order valence-electron chi connectivity index (χ3n) is 4.93. The normalized spacial score (nSPS) is 23.2. The monoisotopic (exact) mass is 357 g/mol. The van der Waals surface area contributed by atoms with Crippen LogP contribution >= 0.6 is 23.7 Å². The van der Waals surface area contributed by atoms with Gasteiger partial charge in [0.05, 0.1) is 5.69 Å². The summed E-state index contributed by atoms with van der Waals surface area (Å²) in [6.07, 6.45) is 8.89. The highest BCUT2D eigenvalue weighted by atomic mass is 35.5. The first kappa shape index (κ1) is 18.7. The van der Waals surface area contributed by atoms with Crippen molar-refractivity contribution in [3.05, 3.63) is 10.6 Å². The van der Waals surface area contributed by atoms with E-state index in [4.69, 9.17) is 0 Å². The van der Waals surface area contributed by atoms with Gasteiger partial charge in [-0.25, -0.2) is 4.98 Å². The Morgan fingerprint density at radius 3 is 2.96 bits per heavy atom. The van der Waals surface area contributed by atoms with Gasteiger partial charge in [0.25, 0.3) is 0 Å². The van der Waals surface area contributed by atoms with Crippen LogP contribution in [0.5, 0.6) is 0 Å². The van der Waals surface area contributed by atoms with E-state index in [1.165, 1.54) is 36.3 Å². The Hall–Kier alpha value is -0.650. The highest BCUT2D eigenvalue weighted by Crippen LogP contribution is 2.34. The number of anilines is 1. The van der Waals surface area contributed by atoms with Crippen molar-refractivity contribution in [2.45, 2.75) is 58.3 Å². The van der Waals surface area contributed by atoms with Gasteiger partial charge in [-0.2, -0.15) is 0 Å². The van der Waals surface area contributed by atoms with E-state index >= 15 is 0 Å². The van der Waals surface area contributed by atoms with Crippen LogP contribution < -0.4 is 10.6 Å². The molecule has 4 nitrogen and oxygen atoms in total. The van der Waals surface area contributed by atoms with Gasteiger partial charge in [-0.3, -0.25) is 4.79 Å². The zero-order valence-corrected chi connectivity index (χ0v) is 15.5. The molecular weight excluding hydrogens is 330 g/mol. The van der Waals surface area contributed by atoms with Crippen LogP contribution in [0, 0.1) is 11.8 Å². The minimum atomic E-state index is 0. The summed E-state index contributed by atoms with van der Waals surface area (Å²) in [6.45, 7) is 4.43. The molecule has 0 saturated carbocycles. The molecule has 0 aromatic carbocycles. The van der Waals surface area contributed by atoms with E-state index in [2.05, 4.69) is 22.5 Å². The number of aryl methyl sites for hydroxylation is 1. The van der Waals surface area contributed by atoms with Crippen molar-refractivity contribution in [1.82, 2.24) is 10.3 Å². The van der Waals surface area contributed by atoms with Crippen LogP contribution in [0.4, 0.5) is 5.13 Å². The van der Waals surface area contributed by atoms with Crippen LogP contribution in [0.25, 0.3) is 0 Å². The Morgan fingerprint density at radius 1 is 1.35 bits per heavy atom. The topological polar surface area (TPSA) is 54.0 Å². The molecule has 0 spiro atoms. The van der Waals surface area contributed by atoms with E-state index in [0.717, 1.165) is 43.4 Å². The summed E-state index contributed by atoms with van der Waals surface area (Å²) in [5.41, 5.74) is 1.23. The quantitative estimate of drug-likeness (QED) is 0.814. The van der Waals surface area contributed by atoms with Crippen LogP contribution in [0.15, 0.2) is 0 Å². The SMILES string of the molecule is CCCC1CCc2nc(NC(=O)CCC3CCNC3)sc2C1.Cl. The highest BCUT2D eigenvalue weighted by molar-refractivity contribution is 7.15. The van der Waals surface area contributed by atoms with Crippen LogP contribution in [-0.4, -0.2) is 24.0 Å². The molecule has 0 bridgehead atoms. The lowest BCUT2D eigenvalue weighted by Crippen LogP contribution is -2.15. The van der Waals surface area contributed by atoms with E-state index in [0.29, 0.717) is 12.3 Å². The standard InChI is InChI=1S/C17H27N3OS.ClH/c1-2-3-12-4-6-14-15(10-12)22-17(19-14)20-16(21)7-5-13-8-9-18-11-13;/h12-13,18H,2-11H2,1H3,(H,19,20,21);1H. The maximum absolute atomic E-state index is 12.1. The second-order valence-corrected chi connectivity index (χ2v) is 7.82. The van der Waals surface area contributed by atoms with E-state index < -0.39 is 0 Å². The van der Waals surface area contributed by atoms with Gasteiger partial charge in [-0.1, -0.05) is 19.8 Å². The first-order valence-electron chi connectivity index (χ1n) is 8.73. The number of nitrogens with zero attached hydrogens (tertiary/aromatic N) is 1. The Labute approximate surface area is 149 Å². The lowest BCUT2D eigenvalue weighted by molar-refractivity contribution is -0.116. The van der Waals surface area contributed by atoms with Crippen LogP contribution in [0.1, 0.15) is 56.0 Å². The van der Waals surface area contributed by atoms with Crippen molar-refractivity contribution in [3.8, 4) is 0 Å². The van der Waals surface area contributed by atoms with Crippen LogP contribution in [-0.2, 0) is 17.6 Å². The lowest BCUT2D eigenvalue weighted by Gasteiger charge is -2.19. The highest BCUT2D eigenvalue weighted by Gasteiger charge is 2.23. The third-order valence-corrected chi connectivity index (χ3v) is 5.96. The van der Waals surface area contributed by atoms with Gasteiger partial charge in [-0.05, 0) is 57.0 Å². The summed E-state index contributed by atoms with van der Waals surface area (Å²) >= 11 is 1.70. The summed E-state index contributed by atoms with van der Waals surface area (Å²) in [6, 6.07) is 0. The van der Waals surface area contributed by atoms with Crippen molar-refractivity contribution < 1.29 is 4.79 Å². The van der Waals surface area contributed by atoms with Gasteiger partial charge < -0.3 is 10.6 Å². The van der Waals surface area contributed by atoms with E-state index in [1.807, 2.05) is 0 Å². The van der Waals surface area contributed by atoms with Crippen molar-refractivity contribution in [2.24, 2.45) is 11.8 Å². The molecule has 6 heteroatoms. The molecule has 2 atom stereocenters. The molecule has 1 amide bonds. The molecule has 2 aliphatic rings. The van der Waals surface area contributed by atoms with E-state index in [1.54, 1.807) is 11.3 Å². The fourth-order valence-corrected chi connectivity index (χ4v) is 4.77. The molecule has 1 aliphatic heterocycles. The largest absolute Gasteiger partial charge is 0.316 e. The number of thiazole rings is 1. The molecule has 3 rings (SSSR count). The number of nitrogens with one attached hydrogen (secondary N) is 2. The molecular formula is C17H28ClN3OS.